The lowest BCUT2D eigenvalue weighted by Gasteiger charge is -2.21. The molecule has 0 aliphatic heterocycles. The van der Waals surface area contributed by atoms with E-state index < -0.39 is 5.97 Å². The number of aliphatic carboxylic acids is 1. The van der Waals surface area contributed by atoms with Crippen LogP contribution >= 0.6 is 0 Å². The van der Waals surface area contributed by atoms with Gasteiger partial charge in [0.25, 0.3) is 0 Å². The maximum atomic E-state index is 10.2. The minimum Gasteiger partial charge on any atom is -0.481 e. The molecule has 11 heavy (non-hydrogen) atoms. The minimum absolute atomic E-state index is 0.274. The average Bonchev–Trinajstić information content (AvgIpc) is 1.87. The van der Waals surface area contributed by atoms with Gasteiger partial charge in [-0.05, 0) is 26.9 Å². The molecular weight excluding hydrogens is 142 g/mol. The molecule has 0 rings (SSSR count). The van der Waals surface area contributed by atoms with Gasteiger partial charge in [-0.2, -0.15) is 0 Å². The van der Waals surface area contributed by atoms with Crippen molar-refractivity contribution in [1.82, 2.24) is 4.90 Å². The second-order valence-corrected chi connectivity index (χ2v) is 2.96. The molecule has 66 valence electrons. The molecule has 1 atom stereocenters. The van der Waals surface area contributed by atoms with Gasteiger partial charge in [0.15, 0.2) is 0 Å². The quantitative estimate of drug-likeness (QED) is 0.655. The summed E-state index contributed by atoms with van der Waals surface area (Å²) in [6.45, 7) is 2.08. The van der Waals surface area contributed by atoms with Crippen molar-refractivity contribution in [3.63, 3.8) is 0 Å². The Kier molecular flexibility index (Phi) is 4.86. The first-order valence-corrected chi connectivity index (χ1v) is 3.96. The largest absolute Gasteiger partial charge is 0.481 e. The predicted molar refractivity (Wildman–Crippen MR) is 44.6 cm³/mol. The van der Waals surface area contributed by atoms with Crippen LogP contribution in [0.15, 0.2) is 0 Å². The van der Waals surface area contributed by atoms with Gasteiger partial charge in [0, 0.05) is 12.5 Å². The summed E-state index contributed by atoms with van der Waals surface area (Å²) in [6.07, 6.45) is 2.04. The zero-order chi connectivity index (χ0) is 8.85. The molecule has 0 saturated carbocycles. The van der Waals surface area contributed by atoms with Gasteiger partial charge in [-0.1, -0.05) is 6.92 Å². The molecule has 0 amide bonds. The monoisotopic (exact) mass is 159 g/mol. The molecular formula is C8H17NO2. The molecule has 0 bridgehead atoms. The van der Waals surface area contributed by atoms with Crippen LogP contribution in [0.25, 0.3) is 0 Å². The number of hydrogen-bond donors (Lipinski definition) is 1. The molecule has 0 aliphatic carbocycles. The van der Waals surface area contributed by atoms with Crippen molar-refractivity contribution in [1.29, 1.82) is 0 Å². The van der Waals surface area contributed by atoms with Gasteiger partial charge in [-0.25, -0.2) is 0 Å². The van der Waals surface area contributed by atoms with Gasteiger partial charge in [-0.3, -0.25) is 4.79 Å². The van der Waals surface area contributed by atoms with Gasteiger partial charge in [0.05, 0.1) is 0 Å². The zero-order valence-electron chi connectivity index (χ0n) is 7.50. The second-order valence-electron chi connectivity index (χ2n) is 2.96. The van der Waals surface area contributed by atoms with Crippen LogP contribution in [0, 0.1) is 0 Å². The third-order valence-electron chi connectivity index (χ3n) is 1.89. The maximum Gasteiger partial charge on any atom is 0.303 e. The zero-order valence-corrected chi connectivity index (χ0v) is 7.50. The van der Waals surface area contributed by atoms with E-state index in [1.165, 1.54) is 0 Å². The Morgan fingerprint density at radius 2 is 2.09 bits per heavy atom. The van der Waals surface area contributed by atoms with Crippen molar-refractivity contribution in [3.8, 4) is 0 Å². The molecule has 0 heterocycles. The Hall–Kier alpha value is -0.570. The van der Waals surface area contributed by atoms with Crippen LogP contribution in [0.2, 0.25) is 0 Å². The highest BCUT2D eigenvalue weighted by Crippen LogP contribution is 2.06. The topological polar surface area (TPSA) is 40.5 Å². The van der Waals surface area contributed by atoms with E-state index in [2.05, 4.69) is 11.8 Å². The first-order chi connectivity index (χ1) is 5.07. The van der Waals surface area contributed by atoms with Crippen LogP contribution in [0.5, 0.6) is 0 Å². The van der Waals surface area contributed by atoms with Crippen LogP contribution in [0.4, 0.5) is 0 Å². The highest BCUT2D eigenvalue weighted by atomic mass is 16.4. The molecule has 3 nitrogen and oxygen atoms in total. The van der Waals surface area contributed by atoms with E-state index in [0.717, 1.165) is 12.8 Å². The van der Waals surface area contributed by atoms with Crippen LogP contribution < -0.4 is 0 Å². The summed E-state index contributed by atoms with van der Waals surface area (Å²) in [4.78, 5) is 12.3. The summed E-state index contributed by atoms with van der Waals surface area (Å²) < 4.78 is 0. The summed E-state index contributed by atoms with van der Waals surface area (Å²) in [6, 6.07) is 0.408. The molecule has 0 aromatic rings. The lowest BCUT2D eigenvalue weighted by molar-refractivity contribution is -0.137. The van der Waals surface area contributed by atoms with Crippen molar-refractivity contribution in [2.45, 2.75) is 32.2 Å². The summed E-state index contributed by atoms with van der Waals surface area (Å²) >= 11 is 0. The summed E-state index contributed by atoms with van der Waals surface area (Å²) in [5.74, 6) is -0.703. The summed E-state index contributed by atoms with van der Waals surface area (Å²) in [7, 11) is 3.96. The van der Waals surface area contributed by atoms with Crippen LogP contribution in [0.3, 0.4) is 0 Å². The first-order valence-electron chi connectivity index (χ1n) is 3.96. The van der Waals surface area contributed by atoms with Crippen molar-refractivity contribution in [2.24, 2.45) is 0 Å². The Morgan fingerprint density at radius 3 is 2.36 bits per heavy atom. The van der Waals surface area contributed by atoms with E-state index in [1.54, 1.807) is 0 Å². The lowest BCUT2D eigenvalue weighted by Crippen LogP contribution is -2.27. The van der Waals surface area contributed by atoms with Gasteiger partial charge in [-0.15, -0.1) is 0 Å². The molecule has 0 aliphatic rings. The third-order valence-corrected chi connectivity index (χ3v) is 1.89. The van der Waals surface area contributed by atoms with E-state index >= 15 is 0 Å². The summed E-state index contributed by atoms with van der Waals surface area (Å²) in [5, 5.41) is 8.42. The van der Waals surface area contributed by atoms with Crippen molar-refractivity contribution >= 4 is 5.97 Å². The van der Waals surface area contributed by atoms with E-state index in [0.29, 0.717) is 6.04 Å². The standard InChI is InChI=1S/C8H17NO2/c1-4-7(9(2)3)5-6-8(10)11/h7H,4-6H2,1-3H3,(H,10,11). The van der Waals surface area contributed by atoms with E-state index in [9.17, 15) is 4.79 Å². The first kappa shape index (κ1) is 10.4. The second kappa shape index (κ2) is 5.13. The lowest BCUT2D eigenvalue weighted by atomic mass is 10.1. The highest BCUT2D eigenvalue weighted by molar-refractivity contribution is 5.66. The minimum atomic E-state index is -0.703. The van der Waals surface area contributed by atoms with E-state index in [4.69, 9.17) is 5.11 Å². The molecule has 1 unspecified atom stereocenters. The number of rotatable bonds is 5. The average molecular weight is 159 g/mol. The molecule has 0 aromatic heterocycles. The molecule has 0 saturated heterocycles. The van der Waals surface area contributed by atoms with Gasteiger partial charge < -0.3 is 10.0 Å². The number of nitrogens with zero attached hydrogens (tertiary/aromatic N) is 1. The number of carboxylic acid groups (broad SMARTS) is 1. The number of carboxylic acids is 1. The molecule has 0 aromatic carbocycles. The molecule has 0 fully saturated rings. The Morgan fingerprint density at radius 1 is 1.55 bits per heavy atom. The maximum absolute atomic E-state index is 10.2. The SMILES string of the molecule is CCC(CCC(=O)O)N(C)C. The summed E-state index contributed by atoms with van der Waals surface area (Å²) in [5.41, 5.74) is 0. The molecule has 0 spiro atoms. The predicted octanol–water partition coefficient (Wildman–Crippen LogP) is 1.19. The van der Waals surface area contributed by atoms with Crippen LogP contribution in [0.1, 0.15) is 26.2 Å². The van der Waals surface area contributed by atoms with Gasteiger partial charge >= 0.3 is 5.97 Å². The smallest absolute Gasteiger partial charge is 0.303 e. The fraction of sp³-hybridized carbons (Fsp3) is 0.875. The van der Waals surface area contributed by atoms with Crippen LogP contribution in [-0.4, -0.2) is 36.1 Å². The number of carbonyl (C=O) groups is 1. The van der Waals surface area contributed by atoms with Gasteiger partial charge in [0.1, 0.15) is 0 Å². The van der Waals surface area contributed by atoms with Crippen molar-refractivity contribution in [2.75, 3.05) is 14.1 Å². The number of hydrogen-bond acceptors (Lipinski definition) is 2. The molecule has 3 heteroatoms. The van der Waals surface area contributed by atoms with Crippen LogP contribution in [-0.2, 0) is 4.79 Å². The molecule has 0 radical (unpaired) electrons. The fourth-order valence-electron chi connectivity index (χ4n) is 1.12. The highest BCUT2D eigenvalue weighted by Gasteiger charge is 2.09. The normalized spacial score (nSPS) is 13.5. The van der Waals surface area contributed by atoms with Gasteiger partial charge in [0.2, 0.25) is 0 Å². The third kappa shape index (κ3) is 4.79. The van der Waals surface area contributed by atoms with E-state index in [-0.39, 0.29) is 6.42 Å². The van der Waals surface area contributed by atoms with E-state index in [1.807, 2.05) is 14.1 Å². The Bertz CT molecular complexity index is 123. The molecule has 1 N–H and O–H groups in total. The fourth-order valence-corrected chi connectivity index (χ4v) is 1.12. The van der Waals surface area contributed by atoms with Crippen molar-refractivity contribution in [3.05, 3.63) is 0 Å². The Balaban J connectivity index is 3.61. The Labute approximate surface area is 68.0 Å². The van der Waals surface area contributed by atoms with Crippen molar-refractivity contribution < 1.29 is 9.90 Å².